The Kier molecular flexibility index (Phi) is 5.14. The van der Waals surface area contributed by atoms with E-state index in [1.807, 2.05) is 12.4 Å². The Bertz CT molecular complexity index is 347. The summed E-state index contributed by atoms with van der Waals surface area (Å²) < 4.78 is 0. The summed E-state index contributed by atoms with van der Waals surface area (Å²) >= 11 is 0. The molecule has 1 aromatic rings. The smallest absolute Gasteiger partial charge is 0.00808 e. The van der Waals surface area contributed by atoms with Crippen LogP contribution in [0.5, 0.6) is 0 Å². The molecule has 0 saturated carbocycles. The summed E-state index contributed by atoms with van der Waals surface area (Å²) in [7, 11) is 0.874. The first-order valence-electron chi connectivity index (χ1n) is 5.08. The van der Waals surface area contributed by atoms with Crippen LogP contribution >= 0.6 is 8.58 Å². The molecule has 2 heteroatoms. The van der Waals surface area contributed by atoms with Gasteiger partial charge in [0.15, 0.2) is 0 Å². The molecule has 1 nitrogen and oxygen atoms in total. The highest BCUT2D eigenvalue weighted by atomic mass is 31.1. The Balaban J connectivity index is 2.54. The second kappa shape index (κ2) is 6.42. The van der Waals surface area contributed by atoms with Crippen molar-refractivity contribution in [1.29, 1.82) is 0 Å². The molecule has 1 rings (SSSR count). The second-order valence-corrected chi connectivity index (χ2v) is 4.36. The van der Waals surface area contributed by atoms with Crippen LogP contribution in [0.3, 0.4) is 0 Å². The van der Waals surface area contributed by atoms with E-state index >= 15 is 0 Å². The van der Waals surface area contributed by atoms with Gasteiger partial charge in [-0.25, -0.2) is 0 Å². The maximum Gasteiger partial charge on any atom is 0.00808 e. The van der Waals surface area contributed by atoms with E-state index in [1.54, 1.807) is 0 Å². The van der Waals surface area contributed by atoms with Gasteiger partial charge >= 0.3 is 0 Å². The molecule has 80 valence electrons. The van der Waals surface area contributed by atoms with E-state index < -0.39 is 0 Å². The first-order valence-corrected chi connectivity index (χ1v) is 6.66. The van der Waals surface area contributed by atoms with Crippen molar-refractivity contribution in [3.63, 3.8) is 0 Å². The van der Waals surface area contributed by atoms with Gasteiger partial charge in [-0.1, -0.05) is 37.5 Å². The Hall–Kier alpha value is -1.07. The van der Waals surface area contributed by atoms with Crippen molar-refractivity contribution in [3.05, 3.63) is 54.6 Å². The number of nitrogens with one attached hydrogen (secondary N) is 1. The zero-order valence-electron chi connectivity index (χ0n) is 9.33. The van der Waals surface area contributed by atoms with Gasteiger partial charge in [0, 0.05) is 12.4 Å². The zero-order valence-corrected chi connectivity index (χ0v) is 10.3. The first kappa shape index (κ1) is 12.0. The lowest BCUT2D eigenvalue weighted by atomic mass is 9.97. The molecule has 1 heterocycles. The van der Waals surface area contributed by atoms with Crippen molar-refractivity contribution < 1.29 is 0 Å². The van der Waals surface area contributed by atoms with Gasteiger partial charge < -0.3 is 4.98 Å². The monoisotopic (exact) mass is 219 g/mol. The SMILES string of the molecule is C=C(c1cc[nH]c1)C(C)/C=C\C=C/PC. The predicted molar refractivity (Wildman–Crippen MR) is 71.5 cm³/mol. The normalized spacial score (nSPS) is 14.5. The van der Waals surface area contributed by atoms with E-state index in [0.29, 0.717) is 5.92 Å². The summed E-state index contributed by atoms with van der Waals surface area (Å²) in [5, 5.41) is 0. The minimum Gasteiger partial charge on any atom is -0.367 e. The molecule has 0 bridgehead atoms. The van der Waals surface area contributed by atoms with Crippen LogP contribution in [0.15, 0.2) is 49.1 Å². The predicted octanol–water partition coefficient (Wildman–Crippen LogP) is 4.04. The molecule has 0 aliphatic heterocycles. The molecule has 0 fully saturated rings. The molecule has 2 atom stereocenters. The van der Waals surface area contributed by atoms with Crippen LogP contribution in [0.2, 0.25) is 0 Å². The second-order valence-electron chi connectivity index (χ2n) is 3.45. The number of hydrogen-bond acceptors (Lipinski definition) is 0. The summed E-state index contributed by atoms with van der Waals surface area (Å²) in [6, 6.07) is 2.05. The van der Waals surface area contributed by atoms with Crippen LogP contribution in [0, 0.1) is 5.92 Å². The molecule has 0 radical (unpaired) electrons. The Morgan fingerprint density at radius 1 is 1.53 bits per heavy atom. The maximum atomic E-state index is 4.10. The summed E-state index contributed by atoms with van der Waals surface area (Å²) in [6.07, 6.45) is 10.3. The third-order valence-electron chi connectivity index (χ3n) is 2.29. The van der Waals surface area contributed by atoms with E-state index in [9.17, 15) is 0 Å². The Morgan fingerprint density at radius 3 is 2.93 bits per heavy atom. The lowest BCUT2D eigenvalue weighted by Gasteiger charge is -2.07. The van der Waals surface area contributed by atoms with Crippen molar-refractivity contribution in [2.75, 3.05) is 6.66 Å². The lowest BCUT2D eigenvalue weighted by molar-refractivity contribution is 0.968. The number of aromatic nitrogens is 1. The largest absolute Gasteiger partial charge is 0.367 e. The standard InChI is InChI=1S/C13H18NP/c1-11(6-4-5-9-15-3)12(2)13-7-8-14-10-13/h4-11,14-15H,2H2,1,3H3/b6-4-,9-5-. The molecule has 0 aliphatic rings. The van der Waals surface area contributed by atoms with Crippen molar-refractivity contribution in [3.8, 4) is 0 Å². The van der Waals surface area contributed by atoms with Crippen molar-refractivity contribution in [2.24, 2.45) is 5.92 Å². The summed E-state index contributed by atoms with van der Waals surface area (Å²) in [6.45, 7) is 8.42. The molecule has 0 aliphatic carbocycles. The highest BCUT2D eigenvalue weighted by Gasteiger charge is 2.04. The molecular weight excluding hydrogens is 201 g/mol. The van der Waals surface area contributed by atoms with Gasteiger partial charge in [-0.05, 0) is 29.8 Å². The number of aromatic amines is 1. The first-order chi connectivity index (χ1) is 7.25. The van der Waals surface area contributed by atoms with Crippen LogP contribution in [0.1, 0.15) is 12.5 Å². The van der Waals surface area contributed by atoms with Crippen molar-refractivity contribution in [1.82, 2.24) is 4.98 Å². The molecule has 15 heavy (non-hydrogen) atoms. The summed E-state index contributed by atoms with van der Waals surface area (Å²) in [5.74, 6) is 2.55. The van der Waals surface area contributed by atoms with E-state index in [0.717, 1.165) is 14.2 Å². The van der Waals surface area contributed by atoms with Crippen LogP contribution in [-0.2, 0) is 0 Å². The van der Waals surface area contributed by atoms with E-state index in [2.05, 4.69) is 55.3 Å². The van der Waals surface area contributed by atoms with Gasteiger partial charge in [0.05, 0.1) is 0 Å². The van der Waals surface area contributed by atoms with Gasteiger partial charge in [0.25, 0.3) is 0 Å². The molecule has 2 unspecified atom stereocenters. The summed E-state index contributed by atoms with van der Waals surface area (Å²) in [4.78, 5) is 3.04. The highest BCUT2D eigenvalue weighted by molar-refractivity contribution is 7.40. The minimum atomic E-state index is 0.380. The Morgan fingerprint density at radius 2 is 2.33 bits per heavy atom. The van der Waals surface area contributed by atoms with E-state index in [4.69, 9.17) is 0 Å². The van der Waals surface area contributed by atoms with Crippen molar-refractivity contribution >= 4 is 14.2 Å². The van der Waals surface area contributed by atoms with Gasteiger partial charge in [0.2, 0.25) is 0 Å². The van der Waals surface area contributed by atoms with Crippen LogP contribution < -0.4 is 0 Å². The van der Waals surface area contributed by atoms with Crippen molar-refractivity contribution in [2.45, 2.75) is 6.92 Å². The number of hydrogen-bond donors (Lipinski definition) is 1. The fourth-order valence-electron chi connectivity index (χ4n) is 1.29. The molecule has 0 saturated heterocycles. The molecule has 0 aromatic carbocycles. The highest BCUT2D eigenvalue weighted by Crippen LogP contribution is 2.21. The fraction of sp³-hybridized carbons (Fsp3) is 0.231. The Labute approximate surface area is 93.8 Å². The van der Waals surface area contributed by atoms with Crippen LogP contribution in [0.4, 0.5) is 0 Å². The average Bonchev–Trinajstić information content (AvgIpc) is 2.76. The molecule has 1 aromatic heterocycles. The van der Waals surface area contributed by atoms with E-state index in [1.165, 1.54) is 5.56 Å². The minimum absolute atomic E-state index is 0.380. The molecule has 0 amide bonds. The lowest BCUT2D eigenvalue weighted by Crippen LogP contribution is -1.91. The zero-order chi connectivity index (χ0) is 11.1. The topological polar surface area (TPSA) is 15.8 Å². The number of rotatable bonds is 5. The van der Waals surface area contributed by atoms with Crippen LogP contribution in [0.25, 0.3) is 5.57 Å². The van der Waals surface area contributed by atoms with Gasteiger partial charge in [-0.15, -0.1) is 8.58 Å². The summed E-state index contributed by atoms with van der Waals surface area (Å²) in [5.41, 5.74) is 2.34. The number of H-pyrrole nitrogens is 1. The maximum absolute atomic E-state index is 4.10. The van der Waals surface area contributed by atoms with Crippen LogP contribution in [-0.4, -0.2) is 11.6 Å². The molecule has 0 spiro atoms. The molecule has 1 N–H and O–H groups in total. The molecular formula is C13H18NP. The quantitative estimate of drug-likeness (QED) is 0.568. The third-order valence-corrected chi connectivity index (χ3v) is 2.82. The van der Waals surface area contributed by atoms with Gasteiger partial charge in [-0.2, -0.15) is 0 Å². The fourth-order valence-corrected chi connectivity index (χ4v) is 1.59. The number of allylic oxidation sites excluding steroid dienone is 4. The van der Waals surface area contributed by atoms with Gasteiger partial charge in [0.1, 0.15) is 0 Å². The average molecular weight is 219 g/mol. The van der Waals surface area contributed by atoms with E-state index in [-0.39, 0.29) is 0 Å². The van der Waals surface area contributed by atoms with Gasteiger partial charge in [-0.3, -0.25) is 0 Å². The third kappa shape index (κ3) is 3.89.